The fraction of sp³-hybridized carbons (Fsp3) is 0.632. The van der Waals surface area contributed by atoms with E-state index < -0.39 is 20.2 Å². The van der Waals surface area contributed by atoms with Crippen molar-refractivity contribution < 1.29 is 26.4 Å². The monoisotopic (exact) mass is 418 g/mol. The molecule has 1 aromatic carbocycles. The second-order valence-electron chi connectivity index (χ2n) is 7.47. The van der Waals surface area contributed by atoms with Gasteiger partial charge in [0.1, 0.15) is 0 Å². The molecule has 0 radical (unpaired) electrons. The summed E-state index contributed by atoms with van der Waals surface area (Å²) in [4.78, 5) is 15.0. The third-order valence-electron chi connectivity index (χ3n) is 5.67. The molecule has 0 N–H and O–H groups in total. The van der Waals surface area contributed by atoms with Crippen LogP contribution in [0.2, 0.25) is 0 Å². The largest absolute Gasteiger partial charge is 0.501 e. The van der Waals surface area contributed by atoms with Gasteiger partial charge in [-0.3, -0.25) is 4.79 Å². The van der Waals surface area contributed by atoms with E-state index in [9.17, 15) is 26.4 Å². The van der Waals surface area contributed by atoms with Gasteiger partial charge in [0.15, 0.2) is 0 Å². The van der Waals surface area contributed by atoms with Gasteiger partial charge in [0.25, 0.3) is 9.84 Å². The van der Waals surface area contributed by atoms with Crippen molar-refractivity contribution in [1.82, 2.24) is 4.90 Å². The Hall–Kier alpha value is -1.77. The first-order chi connectivity index (χ1) is 13.2. The van der Waals surface area contributed by atoms with E-state index in [1.165, 1.54) is 43.9 Å². The van der Waals surface area contributed by atoms with Crippen LogP contribution in [0.25, 0.3) is 0 Å². The number of rotatable bonds is 5. The van der Waals surface area contributed by atoms with Gasteiger partial charge in [-0.2, -0.15) is 13.2 Å². The number of para-hydroxylation sites is 1. The number of sulfone groups is 1. The molecule has 156 valence electrons. The molecule has 0 unspecified atom stereocenters. The minimum Gasteiger partial charge on any atom is -0.367 e. The Morgan fingerprint density at radius 1 is 1.04 bits per heavy atom. The summed E-state index contributed by atoms with van der Waals surface area (Å²) in [7, 11) is -5.43. The molecule has 2 aliphatic rings. The highest BCUT2D eigenvalue weighted by Gasteiger charge is 2.48. The molecule has 1 aliphatic heterocycles. The number of anilines is 1. The average molecular weight is 418 g/mol. The minimum absolute atomic E-state index is 0.0397. The van der Waals surface area contributed by atoms with Gasteiger partial charge in [0, 0.05) is 32.6 Å². The number of nitrogens with zero attached hydrogens (tertiary/aromatic N) is 2. The molecule has 0 spiro atoms. The van der Waals surface area contributed by atoms with E-state index >= 15 is 0 Å². The summed E-state index contributed by atoms with van der Waals surface area (Å²) < 4.78 is 62.7. The molecule has 1 saturated carbocycles. The van der Waals surface area contributed by atoms with E-state index in [0.717, 1.165) is 12.5 Å². The van der Waals surface area contributed by atoms with Gasteiger partial charge < -0.3 is 9.80 Å². The number of benzene rings is 1. The number of halogens is 3. The molecule has 9 heteroatoms. The van der Waals surface area contributed by atoms with Crippen molar-refractivity contribution in [3.05, 3.63) is 24.3 Å². The fourth-order valence-electron chi connectivity index (χ4n) is 4.05. The Kier molecular flexibility index (Phi) is 6.21. The molecular weight excluding hydrogens is 393 g/mol. The van der Waals surface area contributed by atoms with Crippen LogP contribution in [0.3, 0.4) is 0 Å². The van der Waals surface area contributed by atoms with Crippen LogP contribution in [-0.2, 0) is 14.6 Å². The Morgan fingerprint density at radius 2 is 1.64 bits per heavy atom. The number of alkyl halides is 3. The Morgan fingerprint density at radius 3 is 2.25 bits per heavy atom. The molecule has 0 atom stereocenters. The third kappa shape index (κ3) is 4.45. The predicted molar refractivity (Wildman–Crippen MR) is 99.7 cm³/mol. The molecular formula is C19H25F3N2O3S. The lowest BCUT2D eigenvalue weighted by molar-refractivity contribution is -0.131. The second-order valence-corrected chi connectivity index (χ2v) is 9.38. The van der Waals surface area contributed by atoms with Gasteiger partial charge in [0.2, 0.25) is 5.91 Å². The second kappa shape index (κ2) is 8.31. The molecule has 1 aromatic rings. The Bertz CT molecular complexity index is 797. The van der Waals surface area contributed by atoms with Gasteiger partial charge in [-0.25, -0.2) is 8.42 Å². The van der Waals surface area contributed by atoms with Crippen molar-refractivity contribution in [3.8, 4) is 0 Å². The predicted octanol–water partition coefficient (Wildman–Crippen LogP) is 3.60. The zero-order chi connectivity index (χ0) is 20.4. The van der Waals surface area contributed by atoms with Crippen LogP contribution in [0.15, 0.2) is 29.2 Å². The lowest BCUT2D eigenvalue weighted by Gasteiger charge is -2.37. The van der Waals surface area contributed by atoms with Gasteiger partial charge in [0.05, 0.1) is 10.6 Å². The van der Waals surface area contributed by atoms with Gasteiger partial charge in [-0.05, 0) is 24.5 Å². The van der Waals surface area contributed by atoms with Crippen molar-refractivity contribution in [2.45, 2.75) is 48.9 Å². The van der Waals surface area contributed by atoms with E-state index in [2.05, 4.69) is 0 Å². The number of piperazine rings is 1. The van der Waals surface area contributed by atoms with E-state index in [0.29, 0.717) is 38.5 Å². The fourth-order valence-corrected chi connectivity index (χ4v) is 5.03. The number of hydrogen-bond donors (Lipinski definition) is 0. The SMILES string of the molecule is O=C(CCC1CCCC1)N1CCN(c2ccccc2S(=O)(=O)C(F)(F)F)CC1. The van der Waals surface area contributed by atoms with Crippen LogP contribution >= 0.6 is 0 Å². The normalized spacial score (nSPS) is 19.2. The maximum Gasteiger partial charge on any atom is 0.501 e. The van der Waals surface area contributed by atoms with E-state index in [1.807, 2.05) is 0 Å². The number of hydrogen-bond acceptors (Lipinski definition) is 4. The highest BCUT2D eigenvalue weighted by Crippen LogP contribution is 2.36. The maximum absolute atomic E-state index is 13.0. The standard InChI is InChI=1S/C19H25F3N2O3S/c20-19(21,22)28(26,27)17-8-4-3-7-16(17)23-11-13-24(14-12-23)18(25)10-9-15-5-1-2-6-15/h3-4,7-8,15H,1-2,5-6,9-14H2. The Balaban J connectivity index is 1.63. The van der Waals surface area contributed by atoms with Crippen molar-refractivity contribution in [3.63, 3.8) is 0 Å². The average Bonchev–Trinajstić information content (AvgIpc) is 3.19. The summed E-state index contributed by atoms with van der Waals surface area (Å²) in [5.41, 5.74) is -5.31. The van der Waals surface area contributed by atoms with Crippen molar-refractivity contribution in [1.29, 1.82) is 0 Å². The smallest absolute Gasteiger partial charge is 0.367 e. The van der Waals surface area contributed by atoms with Gasteiger partial charge >= 0.3 is 5.51 Å². The Labute approximate surface area is 163 Å². The summed E-state index contributed by atoms with van der Waals surface area (Å²) in [6, 6.07) is 5.17. The number of amides is 1. The molecule has 28 heavy (non-hydrogen) atoms. The molecule has 1 heterocycles. The molecule has 0 aromatic heterocycles. The summed E-state index contributed by atoms with van der Waals surface area (Å²) in [6.45, 7) is 1.37. The molecule has 1 saturated heterocycles. The van der Waals surface area contributed by atoms with E-state index in [4.69, 9.17) is 0 Å². The summed E-state index contributed by atoms with van der Waals surface area (Å²) >= 11 is 0. The number of carbonyl (C=O) groups is 1. The van der Waals surface area contributed by atoms with Crippen LogP contribution < -0.4 is 4.90 Å². The highest BCUT2D eigenvalue weighted by molar-refractivity contribution is 7.92. The summed E-state index contributed by atoms with van der Waals surface area (Å²) in [6.07, 6.45) is 6.24. The lowest BCUT2D eigenvalue weighted by atomic mass is 10.0. The van der Waals surface area contributed by atoms with Crippen LogP contribution in [0.5, 0.6) is 0 Å². The van der Waals surface area contributed by atoms with E-state index in [1.54, 1.807) is 9.80 Å². The molecule has 1 aliphatic carbocycles. The minimum atomic E-state index is -5.43. The summed E-state index contributed by atoms with van der Waals surface area (Å²) in [5.74, 6) is 0.701. The molecule has 1 amide bonds. The van der Waals surface area contributed by atoms with Crippen LogP contribution in [-0.4, -0.2) is 50.9 Å². The van der Waals surface area contributed by atoms with Crippen LogP contribution in [0.1, 0.15) is 38.5 Å². The first-order valence-corrected chi connectivity index (χ1v) is 11.1. The van der Waals surface area contributed by atoms with E-state index in [-0.39, 0.29) is 11.6 Å². The van der Waals surface area contributed by atoms with Crippen LogP contribution in [0, 0.1) is 5.92 Å². The molecule has 5 nitrogen and oxygen atoms in total. The highest BCUT2D eigenvalue weighted by atomic mass is 32.2. The maximum atomic E-state index is 13.0. The molecule has 3 rings (SSSR count). The zero-order valence-electron chi connectivity index (χ0n) is 15.6. The molecule has 0 bridgehead atoms. The summed E-state index contributed by atoms with van der Waals surface area (Å²) in [5, 5.41) is 0. The van der Waals surface area contributed by atoms with Crippen molar-refractivity contribution in [2.24, 2.45) is 5.92 Å². The molecule has 2 fully saturated rings. The zero-order valence-corrected chi connectivity index (χ0v) is 16.4. The van der Waals surface area contributed by atoms with Crippen LogP contribution in [0.4, 0.5) is 18.9 Å². The first kappa shape index (κ1) is 21.0. The van der Waals surface area contributed by atoms with Gasteiger partial charge in [-0.1, -0.05) is 37.8 Å². The van der Waals surface area contributed by atoms with Crippen molar-refractivity contribution in [2.75, 3.05) is 31.1 Å². The topological polar surface area (TPSA) is 57.7 Å². The van der Waals surface area contributed by atoms with Gasteiger partial charge in [-0.15, -0.1) is 0 Å². The van der Waals surface area contributed by atoms with Crippen molar-refractivity contribution >= 4 is 21.4 Å². The lowest BCUT2D eigenvalue weighted by Crippen LogP contribution is -2.49. The quantitative estimate of drug-likeness (QED) is 0.733. The number of carbonyl (C=O) groups excluding carboxylic acids is 1. The third-order valence-corrected chi connectivity index (χ3v) is 7.21. The first-order valence-electron chi connectivity index (χ1n) is 9.63.